The smallest absolute Gasteiger partial charge is 0.222 e. The Morgan fingerprint density at radius 3 is 2.84 bits per heavy atom. The fourth-order valence-corrected chi connectivity index (χ4v) is 2.29. The van der Waals surface area contributed by atoms with Crippen molar-refractivity contribution in [2.24, 2.45) is 11.8 Å². The summed E-state index contributed by atoms with van der Waals surface area (Å²) >= 11 is 0. The zero-order valence-electron chi connectivity index (χ0n) is 12.5. The summed E-state index contributed by atoms with van der Waals surface area (Å²) in [4.78, 5) is 11.6. The highest BCUT2D eigenvalue weighted by molar-refractivity contribution is 5.78. The summed E-state index contributed by atoms with van der Waals surface area (Å²) in [5.41, 5.74) is 0. The number of rotatable bonds is 9. The Labute approximate surface area is 117 Å². The summed E-state index contributed by atoms with van der Waals surface area (Å²) < 4.78 is 11.0. The summed E-state index contributed by atoms with van der Waals surface area (Å²) in [7, 11) is 0. The predicted octanol–water partition coefficient (Wildman–Crippen LogP) is 2.37. The van der Waals surface area contributed by atoms with E-state index in [1.165, 1.54) is 0 Å². The average Bonchev–Trinajstić information content (AvgIpc) is 2.43. The summed E-state index contributed by atoms with van der Waals surface area (Å²) in [5.74, 6) is 0.965. The van der Waals surface area contributed by atoms with Crippen LogP contribution in [0.1, 0.15) is 46.0 Å². The van der Waals surface area contributed by atoms with Crippen LogP contribution in [0.5, 0.6) is 0 Å². The fraction of sp³-hybridized carbons (Fsp3) is 0.933. The zero-order chi connectivity index (χ0) is 13.9. The molecule has 1 aliphatic rings. The Morgan fingerprint density at radius 2 is 2.16 bits per heavy atom. The first-order chi connectivity index (χ1) is 9.24. The molecule has 1 heterocycles. The molecule has 1 fully saturated rings. The van der Waals surface area contributed by atoms with E-state index in [4.69, 9.17) is 9.47 Å². The quantitative estimate of drug-likeness (QED) is 0.655. The molecule has 1 rings (SSSR count). The van der Waals surface area contributed by atoms with Crippen LogP contribution in [0, 0.1) is 11.8 Å². The summed E-state index contributed by atoms with van der Waals surface area (Å²) in [6.07, 6.45) is 5.15. The lowest BCUT2D eigenvalue weighted by molar-refractivity contribution is -0.124. The van der Waals surface area contributed by atoms with Crippen molar-refractivity contribution in [3.8, 4) is 0 Å². The lowest BCUT2D eigenvalue weighted by atomic mass is 10.0. The standard InChI is InChI=1S/C15H29NO3/c1-3-5-13(2)15(17)16-8-4-9-19-12-14-6-10-18-11-7-14/h13-14H,3-12H2,1-2H3,(H,16,17). The van der Waals surface area contributed by atoms with Gasteiger partial charge in [-0.2, -0.15) is 0 Å². The van der Waals surface area contributed by atoms with Crippen molar-refractivity contribution in [2.75, 3.05) is 33.0 Å². The molecule has 4 heteroatoms. The molecule has 0 radical (unpaired) electrons. The maximum Gasteiger partial charge on any atom is 0.222 e. The highest BCUT2D eigenvalue weighted by Gasteiger charge is 2.13. The molecule has 1 N–H and O–H groups in total. The van der Waals surface area contributed by atoms with Crippen LogP contribution in [-0.2, 0) is 14.3 Å². The van der Waals surface area contributed by atoms with Gasteiger partial charge in [0.1, 0.15) is 0 Å². The first-order valence-electron chi connectivity index (χ1n) is 7.67. The van der Waals surface area contributed by atoms with E-state index < -0.39 is 0 Å². The van der Waals surface area contributed by atoms with Crippen LogP contribution in [-0.4, -0.2) is 38.9 Å². The van der Waals surface area contributed by atoms with E-state index in [1.807, 2.05) is 6.92 Å². The first-order valence-corrected chi connectivity index (χ1v) is 7.67. The van der Waals surface area contributed by atoms with Gasteiger partial charge in [-0.05, 0) is 31.6 Å². The van der Waals surface area contributed by atoms with E-state index in [9.17, 15) is 4.79 Å². The molecule has 0 aromatic carbocycles. The monoisotopic (exact) mass is 271 g/mol. The van der Waals surface area contributed by atoms with Gasteiger partial charge in [-0.15, -0.1) is 0 Å². The van der Waals surface area contributed by atoms with E-state index in [0.717, 1.165) is 65.1 Å². The van der Waals surface area contributed by atoms with Gasteiger partial charge >= 0.3 is 0 Å². The first kappa shape index (κ1) is 16.4. The van der Waals surface area contributed by atoms with Gasteiger partial charge in [-0.1, -0.05) is 20.3 Å². The Hall–Kier alpha value is -0.610. The van der Waals surface area contributed by atoms with Crippen molar-refractivity contribution in [3.05, 3.63) is 0 Å². The van der Waals surface area contributed by atoms with Crippen molar-refractivity contribution in [1.29, 1.82) is 0 Å². The minimum Gasteiger partial charge on any atom is -0.381 e. The van der Waals surface area contributed by atoms with Crippen LogP contribution in [0.3, 0.4) is 0 Å². The minimum atomic E-state index is 0.133. The SMILES string of the molecule is CCCC(C)C(=O)NCCCOCC1CCOCC1. The van der Waals surface area contributed by atoms with Gasteiger partial charge in [0, 0.05) is 38.9 Å². The van der Waals surface area contributed by atoms with Crippen molar-refractivity contribution in [3.63, 3.8) is 0 Å². The number of nitrogens with one attached hydrogen (secondary N) is 1. The van der Waals surface area contributed by atoms with Crippen LogP contribution in [0.4, 0.5) is 0 Å². The molecule has 0 saturated carbocycles. The molecule has 0 aromatic rings. The molecule has 1 atom stereocenters. The second-order valence-corrected chi connectivity index (χ2v) is 5.46. The second kappa shape index (κ2) is 10.2. The predicted molar refractivity (Wildman–Crippen MR) is 76.1 cm³/mol. The third-order valence-electron chi connectivity index (χ3n) is 3.63. The van der Waals surface area contributed by atoms with Crippen molar-refractivity contribution < 1.29 is 14.3 Å². The summed E-state index contributed by atoms with van der Waals surface area (Å²) in [6.45, 7) is 8.14. The van der Waals surface area contributed by atoms with E-state index in [2.05, 4.69) is 12.2 Å². The van der Waals surface area contributed by atoms with Crippen LogP contribution in [0.15, 0.2) is 0 Å². The second-order valence-electron chi connectivity index (χ2n) is 5.46. The molecule has 1 saturated heterocycles. The van der Waals surface area contributed by atoms with Gasteiger partial charge < -0.3 is 14.8 Å². The van der Waals surface area contributed by atoms with Gasteiger partial charge in [0.25, 0.3) is 0 Å². The highest BCUT2D eigenvalue weighted by Crippen LogP contribution is 2.14. The molecule has 1 unspecified atom stereocenters. The van der Waals surface area contributed by atoms with E-state index >= 15 is 0 Å². The Morgan fingerprint density at radius 1 is 1.42 bits per heavy atom. The van der Waals surface area contributed by atoms with Gasteiger partial charge in [0.2, 0.25) is 5.91 Å². The van der Waals surface area contributed by atoms with Crippen LogP contribution in [0.25, 0.3) is 0 Å². The molecule has 19 heavy (non-hydrogen) atoms. The highest BCUT2D eigenvalue weighted by atomic mass is 16.5. The average molecular weight is 271 g/mol. The number of hydrogen-bond acceptors (Lipinski definition) is 3. The summed E-state index contributed by atoms with van der Waals surface area (Å²) in [6, 6.07) is 0. The molecular weight excluding hydrogens is 242 g/mol. The summed E-state index contributed by atoms with van der Waals surface area (Å²) in [5, 5.41) is 2.97. The van der Waals surface area contributed by atoms with E-state index in [-0.39, 0.29) is 11.8 Å². The molecule has 0 spiro atoms. The van der Waals surface area contributed by atoms with Gasteiger partial charge in [-0.25, -0.2) is 0 Å². The van der Waals surface area contributed by atoms with Crippen LogP contribution in [0.2, 0.25) is 0 Å². The van der Waals surface area contributed by atoms with Crippen molar-refractivity contribution >= 4 is 5.91 Å². The van der Waals surface area contributed by atoms with Crippen molar-refractivity contribution in [2.45, 2.75) is 46.0 Å². The Kier molecular flexibility index (Phi) is 8.84. The zero-order valence-corrected chi connectivity index (χ0v) is 12.5. The number of carbonyl (C=O) groups is 1. The molecule has 4 nitrogen and oxygen atoms in total. The molecule has 1 amide bonds. The largest absolute Gasteiger partial charge is 0.381 e. The third-order valence-corrected chi connectivity index (χ3v) is 3.63. The van der Waals surface area contributed by atoms with Gasteiger partial charge in [0.15, 0.2) is 0 Å². The molecule has 0 bridgehead atoms. The maximum atomic E-state index is 11.6. The lowest BCUT2D eigenvalue weighted by Crippen LogP contribution is -2.30. The molecule has 112 valence electrons. The van der Waals surface area contributed by atoms with E-state index in [0.29, 0.717) is 5.92 Å². The van der Waals surface area contributed by atoms with E-state index in [1.54, 1.807) is 0 Å². The molecule has 0 aromatic heterocycles. The van der Waals surface area contributed by atoms with Gasteiger partial charge in [0.05, 0.1) is 0 Å². The van der Waals surface area contributed by atoms with Crippen LogP contribution < -0.4 is 5.32 Å². The Bertz CT molecular complexity index is 240. The van der Waals surface area contributed by atoms with Crippen LogP contribution >= 0.6 is 0 Å². The van der Waals surface area contributed by atoms with Crippen molar-refractivity contribution in [1.82, 2.24) is 5.32 Å². The number of hydrogen-bond donors (Lipinski definition) is 1. The number of ether oxygens (including phenoxy) is 2. The third kappa shape index (κ3) is 7.53. The minimum absolute atomic E-state index is 0.133. The topological polar surface area (TPSA) is 47.6 Å². The molecule has 1 aliphatic heterocycles. The number of amides is 1. The lowest BCUT2D eigenvalue weighted by Gasteiger charge is -2.21. The van der Waals surface area contributed by atoms with Gasteiger partial charge in [-0.3, -0.25) is 4.79 Å². The number of carbonyl (C=O) groups excluding carboxylic acids is 1. The fourth-order valence-electron chi connectivity index (χ4n) is 2.29. The molecule has 0 aliphatic carbocycles. The Balaban J connectivity index is 1.91. The maximum absolute atomic E-state index is 11.6. The normalized spacial score (nSPS) is 18.2. The molecular formula is C15H29NO3.